The van der Waals surface area contributed by atoms with Crippen LogP contribution >= 0.6 is 0 Å². The smallest absolute Gasteiger partial charge is 0.318 e. The van der Waals surface area contributed by atoms with Crippen molar-refractivity contribution in [3.8, 4) is 51.8 Å². The molecule has 5 heterocycles. The predicted molar refractivity (Wildman–Crippen MR) is 327 cm³/mol. The monoisotopic (exact) mass is 1160 g/mol. The van der Waals surface area contributed by atoms with Gasteiger partial charge in [-0.25, -0.2) is 0 Å². The number of aliphatic hydroxyl groups excluding tert-OH is 3. The van der Waals surface area contributed by atoms with Crippen LogP contribution < -0.4 is 14.8 Å². The van der Waals surface area contributed by atoms with Gasteiger partial charge in [-0.15, -0.1) is 0 Å². The summed E-state index contributed by atoms with van der Waals surface area (Å²) in [4.78, 5) is 36.8. The van der Waals surface area contributed by atoms with Gasteiger partial charge in [0.15, 0.2) is 23.0 Å². The number of aromatic nitrogens is 3. The number of allylic oxidation sites excluding steroid dienone is 1. The number of phenolic OH excluding ortho intramolecular Hbond substituents is 3. The normalized spacial score (nSPS) is 30.8. The van der Waals surface area contributed by atoms with Crippen molar-refractivity contribution in [1.29, 1.82) is 0 Å². The molecule has 2 spiro atoms. The van der Waals surface area contributed by atoms with Crippen LogP contribution in [0.4, 0.5) is 0 Å². The van der Waals surface area contributed by atoms with E-state index in [1.807, 2.05) is 42.6 Å². The highest BCUT2D eigenvalue weighted by atomic mass is 16.5. The summed E-state index contributed by atoms with van der Waals surface area (Å²) in [7, 11) is 1.56. The standard InChI is InChI=1S/C71H78N4O11/c1-84-63-36-52-51(35-62(63)82)54-30-43-38-70(23-24-71(39-70)65(31-42-9-7-14-61(81)68(42)74-71)75-58-22-25-72-57(58)37-59(75)41-8-6-10-44(77)29-41)55-34-45(78)18-20-50(55)67(43)53(52)33-46(79)32-47(19-16-40-17-21-60(80)64(28-40)85-27-26-76)86-66(83)15-5-3-12-49-48-11-2-4-13-56(48)73-69(49)54/h2,4,6,8,10-11,13,17,21-22,25,28-30,35-37,42-43,45,47,50,53,55,61,65,67-68,72-74,76-78,80-82H,7,9,12,14-16,18-20,23-24,26-27,31-34,38-39H2,1H3/t42-,43+,45+,47-,50-,53-,55+,61+,65-,67-,68+,70-,71+/m1/s1. The zero-order valence-corrected chi connectivity index (χ0v) is 48.8. The Morgan fingerprint density at radius 3 is 2.58 bits per heavy atom. The SMILES string of the molecule is COc1cc2c(cc1O)C1=C[C@H]3C[C@@]4(CC[C@@]5(C4)N[C@H]4[C@H](CCC[C@@H]4O)C[C@H]5n4c(-c5cccc(O)c5)cc5[nH]ccc54)[C@H]4C[C@@H](O)CC[C@H]4[C@@H]3[C@@H]2CC(=O)C[C@@H](CCc2ccc(O)c(OCCO)c2)OC(=O)CC#CCc2c1[nH]c1ccccc21. The van der Waals surface area contributed by atoms with Gasteiger partial charge in [0.25, 0.3) is 0 Å². The summed E-state index contributed by atoms with van der Waals surface area (Å²) in [5, 5.41) is 72.5. The molecule has 3 aromatic heterocycles. The van der Waals surface area contributed by atoms with Crippen LogP contribution in [-0.4, -0.2) is 107 Å². The number of carbonyl (C=O) groups is 2. The van der Waals surface area contributed by atoms with E-state index < -0.39 is 29.8 Å². The molecule has 0 amide bonds. The lowest BCUT2D eigenvalue weighted by Crippen LogP contribution is -2.65. The number of cyclic esters (lactones) is 1. The molecule has 15 heteroatoms. The summed E-state index contributed by atoms with van der Waals surface area (Å²) in [5.41, 5.74) is 9.53. The topological polar surface area (TPSA) is 232 Å². The van der Waals surface area contributed by atoms with E-state index >= 15 is 4.79 Å². The fourth-order valence-corrected chi connectivity index (χ4v) is 18.1. The van der Waals surface area contributed by atoms with Gasteiger partial charge in [-0.3, -0.25) is 9.59 Å². The molecule has 13 atom stereocenters. The van der Waals surface area contributed by atoms with Crippen LogP contribution in [0.15, 0.2) is 103 Å². The highest BCUT2D eigenvalue weighted by Gasteiger charge is 2.65. The molecule has 1 saturated heterocycles. The fraction of sp³-hybridized carbons (Fsp3) is 0.465. The minimum absolute atomic E-state index is 0.00565. The van der Waals surface area contributed by atoms with Crippen LogP contribution in [0, 0.1) is 46.8 Å². The van der Waals surface area contributed by atoms with Crippen molar-refractivity contribution in [3.05, 3.63) is 131 Å². The molecule has 15 nitrogen and oxygen atoms in total. The van der Waals surface area contributed by atoms with Crippen LogP contribution in [0.2, 0.25) is 0 Å². The van der Waals surface area contributed by atoms with Crippen molar-refractivity contribution in [2.75, 3.05) is 20.3 Å². The van der Waals surface area contributed by atoms with Gasteiger partial charge in [0.05, 0.1) is 54.4 Å². The Hall–Kier alpha value is -7.48. The second-order valence-electron chi connectivity index (χ2n) is 26.3. The lowest BCUT2D eigenvalue weighted by atomic mass is 9.47. The molecule has 9 N–H and O–H groups in total. The van der Waals surface area contributed by atoms with E-state index in [0.717, 1.165) is 125 Å². The second kappa shape index (κ2) is 22.7. The Balaban J connectivity index is 0.919. The second-order valence-corrected chi connectivity index (χ2v) is 26.3. The number of piperidine rings is 1. The quantitative estimate of drug-likeness (QED) is 0.0485. The van der Waals surface area contributed by atoms with Gasteiger partial charge in [0.2, 0.25) is 0 Å². The maximum atomic E-state index is 15.5. The number of phenols is 3. The molecule has 5 fully saturated rings. The van der Waals surface area contributed by atoms with Crippen LogP contribution in [0.5, 0.6) is 28.7 Å². The third-order valence-corrected chi connectivity index (χ3v) is 21.6. The van der Waals surface area contributed by atoms with Crippen molar-refractivity contribution < 1.29 is 54.4 Å². The van der Waals surface area contributed by atoms with Gasteiger partial charge in [-0.1, -0.05) is 60.7 Å². The molecule has 7 aliphatic rings. The molecule has 448 valence electrons. The number of fused-ring (bicyclic) bond motifs is 11. The van der Waals surface area contributed by atoms with Gasteiger partial charge >= 0.3 is 5.97 Å². The first-order chi connectivity index (χ1) is 41.8. The first-order valence-electron chi connectivity index (χ1n) is 31.4. The third-order valence-electron chi connectivity index (χ3n) is 21.6. The molecule has 2 aliphatic heterocycles. The number of nitrogens with one attached hydrogen (secondary N) is 3. The minimum atomic E-state index is -0.800. The van der Waals surface area contributed by atoms with E-state index in [2.05, 4.69) is 68.1 Å². The third kappa shape index (κ3) is 10.0. The summed E-state index contributed by atoms with van der Waals surface area (Å²) >= 11 is 0. The number of ether oxygens (including phenoxy) is 3. The van der Waals surface area contributed by atoms with Gasteiger partial charge < -0.3 is 64.7 Å². The zero-order chi connectivity index (χ0) is 59.0. The number of ketones is 1. The number of esters is 1. The summed E-state index contributed by atoms with van der Waals surface area (Å²) < 4.78 is 20.4. The largest absolute Gasteiger partial charge is 0.508 e. The maximum absolute atomic E-state index is 15.5. The number of nitrogens with zero attached hydrogens (tertiary/aromatic N) is 1. The Bertz CT molecular complexity index is 3840. The molecule has 0 unspecified atom stereocenters. The average molecular weight is 1160 g/mol. The van der Waals surface area contributed by atoms with Crippen LogP contribution in [0.25, 0.3) is 38.8 Å². The molecular formula is C71H78N4O11. The number of aliphatic hydroxyl groups is 3. The average Bonchev–Trinajstić information content (AvgIpc) is 1.56. The first-order valence-corrected chi connectivity index (χ1v) is 31.4. The highest BCUT2D eigenvalue weighted by molar-refractivity contribution is 5.94. The molecule has 2 bridgehead atoms. The Kier molecular flexibility index (Phi) is 14.8. The highest BCUT2D eigenvalue weighted by Crippen LogP contribution is 2.69. The van der Waals surface area contributed by atoms with Crippen molar-refractivity contribution in [2.24, 2.45) is 35.0 Å². The van der Waals surface area contributed by atoms with E-state index in [0.29, 0.717) is 37.9 Å². The summed E-state index contributed by atoms with van der Waals surface area (Å²) in [6.07, 6.45) is 12.6. The Labute approximate surface area is 500 Å². The number of aryl methyl sites for hydroxylation is 1. The molecule has 5 aliphatic carbocycles. The van der Waals surface area contributed by atoms with Gasteiger partial charge in [-0.05, 0) is 195 Å². The number of hydrogen-bond donors (Lipinski definition) is 9. The van der Waals surface area contributed by atoms with Gasteiger partial charge in [0.1, 0.15) is 30.7 Å². The van der Waals surface area contributed by atoms with Crippen molar-refractivity contribution in [3.63, 3.8) is 0 Å². The van der Waals surface area contributed by atoms with Gasteiger partial charge in [0, 0.05) is 59.1 Å². The maximum Gasteiger partial charge on any atom is 0.318 e. The lowest BCUT2D eigenvalue weighted by Gasteiger charge is -2.59. The van der Waals surface area contributed by atoms with Gasteiger partial charge in [-0.2, -0.15) is 0 Å². The lowest BCUT2D eigenvalue weighted by molar-refractivity contribution is -0.149. The molecule has 14 rings (SSSR count). The van der Waals surface area contributed by atoms with E-state index in [1.165, 1.54) is 6.07 Å². The summed E-state index contributed by atoms with van der Waals surface area (Å²) in [6.45, 7) is -0.216. The number of Topliss-reactive ketones (excluding diaryl/α,β-unsaturated/α-hetero) is 1. The van der Waals surface area contributed by atoms with Crippen molar-refractivity contribution in [1.82, 2.24) is 19.9 Å². The van der Waals surface area contributed by atoms with Crippen LogP contribution in [-0.2, 0) is 27.2 Å². The van der Waals surface area contributed by atoms with E-state index in [4.69, 9.17) is 14.2 Å². The number of methoxy groups -OCH3 is 1. The number of aromatic hydroxyl groups is 3. The van der Waals surface area contributed by atoms with Crippen molar-refractivity contribution in [2.45, 2.75) is 151 Å². The minimum Gasteiger partial charge on any atom is -0.508 e. The number of benzene rings is 4. The Morgan fingerprint density at radius 2 is 1.72 bits per heavy atom. The number of para-hydroxylation sites is 1. The number of hydrogen-bond acceptors (Lipinski definition) is 12. The molecule has 4 aromatic carbocycles. The number of H-pyrrole nitrogens is 2. The van der Waals surface area contributed by atoms with Crippen LogP contribution in [0.1, 0.15) is 136 Å². The molecule has 4 saturated carbocycles. The van der Waals surface area contributed by atoms with Crippen LogP contribution in [0.3, 0.4) is 0 Å². The summed E-state index contributed by atoms with van der Waals surface area (Å²) in [6, 6.07) is 28.8. The molecule has 0 radical (unpaired) electrons. The number of rotatable bonds is 9. The molecule has 86 heavy (non-hydrogen) atoms. The van der Waals surface area contributed by atoms with E-state index in [1.54, 1.807) is 25.3 Å². The number of aromatic amines is 2. The van der Waals surface area contributed by atoms with Crippen molar-refractivity contribution >= 4 is 39.3 Å². The summed E-state index contributed by atoms with van der Waals surface area (Å²) in [5.74, 6) is 6.37. The first kappa shape index (κ1) is 56.3. The zero-order valence-electron chi connectivity index (χ0n) is 48.8. The fourth-order valence-electron chi connectivity index (χ4n) is 18.1. The Morgan fingerprint density at radius 1 is 0.849 bits per heavy atom. The van der Waals surface area contributed by atoms with E-state index in [9.17, 15) is 35.4 Å². The van der Waals surface area contributed by atoms with E-state index in [-0.39, 0.29) is 114 Å². The predicted octanol–water partition coefficient (Wildman–Crippen LogP) is 11.1. The molecular weight excluding hydrogens is 1080 g/mol. The number of carbonyl (C=O) groups excluding carboxylic acids is 2. The molecule has 7 aromatic rings.